The van der Waals surface area contributed by atoms with E-state index in [0.717, 1.165) is 15.3 Å². The van der Waals surface area contributed by atoms with Crippen molar-refractivity contribution in [3.63, 3.8) is 0 Å². The summed E-state index contributed by atoms with van der Waals surface area (Å²) in [4.78, 5) is 25.0. The van der Waals surface area contributed by atoms with Gasteiger partial charge in [-0.1, -0.05) is 13.2 Å². The van der Waals surface area contributed by atoms with Crippen LogP contribution in [0.2, 0.25) is 0 Å². The van der Waals surface area contributed by atoms with E-state index in [-0.39, 0.29) is 11.3 Å². The van der Waals surface area contributed by atoms with Crippen molar-refractivity contribution in [2.45, 2.75) is 13.8 Å². The van der Waals surface area contributed by atoms with Crippen LogP contribution in [-0.4, -0.2) is 11.9 Å². The monoisotopic (exact) mass is 422 g/mol. The summed E-state index contributed by atoms with van der Waals surface area (Å²) < 4.78 is 24.5. The van der Waals surface area contributed by atoms with Crippen LogP contribution in [0.5, 0.6) is 11.5 Å². The van der Waals surface area contributed by atoms with Crippen LogP contribution >= 0.6 is 11.3 Å². The van der Waals surface area contributed by atoms with Crippen LogP contribution < -0.4 is 9.47 Å². The van der Waals surface area contributed by atoms with Crippen LogP contribution in [0.15, 0.2) is 78.9 Å². The quantitative estimate of drug-likeness (QED) is 0.270. The second-order valence-electron chi connectivity index (χ2n) is 6.67. The van der Waals surface area contributed by atoms with Crippen molar-refractivity contribution in [2.24, 2.45) is 0 Å². The van der Waals surface area contributed by atoms with Gasteiger partial charge in [0, 0.05) is 20.9 Å². The first-order valence-electron chi connectivity index (χ1n) is 9.00. The minimum absolute atomic E-state index is 0.136. The predicted octanol–water partition coefficient (Wildman–Crippen LogP) is 6.18. The summed E-state index contributed by atoms with van der Waals surface area (Å²) >= 11 is 1.49. The zero-order chi connectivity index (χ0) is 21.8. The average molecular weight is 422 g/mol. The lowest BCUT2D eigenvalue weighted by Gasteiger charge is -2.06. The summed E-state index contributed by atoms with van der Waals surface area (Å²) in [5, 5.41) is 0. The molecular formula is C24H19FO4S. The molecule has 0 aliphatic heterocycles. The molecule has 4 nitrogen and oxygen atoms in total. The van der Waals surface area contributed by atoms with Crippen molar-refractivity contribution in [3.05, 3.63) is 84.7 Å². The first-order chi connectivity index (χ1) is 14.2. The van der Waals surface area contributed by atoms with Crippen molar-refractivity contribution in [2.75, 3.05) is 0 Å². The van der Waals surface area contributed by atoms with Gasteiger partial charge in [-0.25, -0.2) is 14.0 Å². The molecule has 0 radical (unpaired) electrons. The Morgan fingerprint density at radius 3 is 1.90 bits per heavy atom. The lowest BCUT2D eigenvalue weighted by molar-refractivity contribution is -0.131. The zero-order valence-electron chi connectivity index (χ0n) is 16.5. The third kappa shape index (κ3) is 4.90. The van der Waals surface area contributed by atoms with Gasteiger partial charge < -0.3 is 9.47 Å². The summed E-state index contributed by atoms with van der Waals surface area (Å²) in [5.74, 6) is -1.47. The Bertz CT molecular complexity index is 1140. The van der Waals surface area contributed by atoms with Gasteiger partial charge in [0.15, 0.2) is 11.6 Å². The van der Waals surface area contributed by atoms with Crippen molar-refractivity contribution in [3.8, 4) is 32.4 Å². The third-order valence-corrected chi connectivity index (χ3v) is 5.25. The Kier molecular flexibility index (Phi) is 6.28. The van der Waals surface area contributed by atoms with E-state index >= 15 is 0 Å². The van der Waals surface area contributed by atoms with E-state index in [1.165, 1.54) is 30.4 Å². The molecule has 30 heavy (non-hydrogen) atoms. The highest BCUT2D eigenvalue weighted by Crippen LogP contribution is 2.36. The maximum Gasteiger partial charge on any atom is 0.338 e. The third-order valence-electron chi connectivity index (χ3n) is 4.07. The summed E-state index contributed by atoms with van der Waals surface area (Å²) in [5.41, 5.74) is 2.14. The summed E-state index contributed by atoms with van der Waals surface area (Å²) in [6.07, 6.45) is 0. The van der Waals surface area contributed by atoms with Crippen molar-refractivity contribution in [1.82, 2.24) is 0 Å². The lowest BCUT2D eigenvalue weighted by atomic mass is 10.1. The first kappa shape index (κ1) is 21.2. The highest BCUT2D eigenvalue weighted by Gasteiger charge is 2.13. The number of carbonyl (C=O) groups excluding carboxylic acids is 2. The number of benzene rings is 2. The van der Waals surface area contributed by atoms with Crippen LogP contribution in [0.25, 0.3) is 20.9 Å². The standard InChI is InChI=1S/C24H19FO4S/c1-14(2)23(26)28-18-8-5-16(6-9-18)21-11-12-22(30-21)17-7-10-20(19(25)13-17)29-24(27)15(3)4/h5-13H,1,3H2,2,4H3. The molecule has 0 fully saturated rings. The van der Waals surface area contributed by atoms with Gasteiger partial charge in [-0.05, 0) is 79.6 Å². The second kappa shape index (κ2) is 8.88. The van der Waals surface area contributed by atoms with Gasteiger partial charge in [-0.3, -0.25) is 0 Å². The van der Waals surface area contributed by atoms with E-state index in [1.807, 2.05) is 24.3 Å². The number of rotatable bonds is 6. The summed E-state index contributed by atoms with van der Waals surface area (Å²) in [7, 11) is 0. The molecule has 152 valence electrons. The van der Waals surface area contributed by atoms with E-state index < -0.39 is 17.8 Å². The molecule has 0 saturated carbocycles. The van der Waals surface area contributed by atoms with Crippen LogP contribution in [0, 0.1) is 5.82 Å². The molecule has 0 aliphatic carbocycles. The maximum atomic E-state index is 14.3. The normalized spacial score (nSPS) is 10.4. The van der Waals surface area contributed by atoms with Crippen LogP contribution in [0.3, 0.4) is 0 Å². The van der Waals surface area contributed by atoms with Gasteiger partial charge in [-0.2, -0.15) is 0 Å². The largest absolute Gasteiger partial charge is 0.423 e. The van der Waals surface area contributed by atoms with Crippen molar-refractivity contribution in [1.29, 1.82) is 0 Å². The Hall–Kier alpha value is -3.51. The van der Waals surface area contributed by atoms with Crippen LogP contribution in [0.1, 0.15) is 13.8 Å². The Labute approximate surface area is 177 Å². The molecule has 0 aliphatic rings. The molecule has 6 heteroatoms. The zero-order valence-corrected chi connectivity index (χ0v) is 17.3. The van der Waals surface area contributed by atoms with Crippen molar-refractivity contribution >= 4 is 23.3 Å². The maximum absolute atomic E-state index is 14.3. The summed E-state index contributed by atoms with van der Waals surface area (Å²) in [6, 6.07) is 15.4. The minimum Gasteiger partial charge on any atom is -0.423 e. The molecule has 2 aromatic carbocycles. The minimum atomic E-state index is -0.669. The molecule has 3 aromatic rings. The average Bonchev–Trinajstić information content (AvgIpc) is 3.20. The molecule has 3 rings (SSSR count). The number of halogens is 1. The van der Waals surface area contributed by atoms with Gasteiger partial charge >= 0.3 is 11.9 Å². The van der Waals surface area contributed by atoms with E-state index in [4.69, 9.17) is 9.47 Å². The molecule has 0 saturated heterocycles. The van der Waals surface area contributed by atoms with E-state index in [9.17, 15) is 14.0 Å². The number of ether oxygens (including phenoxy) is 2. The molecule has 0 amide bonds. The molecule has 0 spiro atoms. The lowest BCUT2D eigenvalue weighted by Crippen LogP contribution is -2.09. The molecular weight excluding hydrogens is 403 g/mol. The fraction of sp³-hybridized carbons (Fsp3) is 0.0833. The number of hydrogen-bond donors (Lipinski definition) is 0. The molecule has 0 N–H and O–H groups in total. The van der Waals surface area contributed by atoms with Gasteiger partial charge in [0.25, 0.3) is 0 Å². The predicted molar refractivity (Wildman–Crippen MR) is 116 cm³/mol. The highest BCUT2D eigenvalue weighted by atomic mass is 32.1. The SMILES string of the molecule is C=C(C)C(=O)Oc1ccc(-c2ccc(-c3ccc(OC(=O)C(=C)C)c(F)c3)s2)cc1. The Balaban J connectivity index is 1.77. The number of hydrogen-bond acceptors (Lipinski definition) is 5. The Morgan fingerprint density at radius 1 is 0.800 bits per heavy atom. The van der Waals surface area contributed by atoms with E-state index in [2.05, 4.69) is 13.2 Å². The molecule has 1 aromatic heterocycles. The number of thiophene rings is 1. The van der Waals surface area contributed by atoms with E-state index in [0.29, 0.717) is 16.9 Å². The van der Waals surface area contributed by atoms with Crippen LogP contribution in [0.4, 0.5) is 4.39 Å². The topological polar surface area (TPSA) is 52.6 Å². The number of esters is 2. The van der Waals surface area contributed by atoms with Crippen LogP contribution in [-0.2, 0) is 9.59 Å². The fourth-order valence-corrected chi connectivity index (χ4v) is 3.46. The molecule has 0 bridgehead atoms. The molecule has 0 atom stereocenters. The first-order valence-corrected chi connectivity index (χ1v) is 9.82. The summed E-state index contributed by atoms with van der Waals surface area (Å²) in [6.45, 7) is 10.1. The second-order valence-corrected chi connectivity index (χ2v) is 7.76. The molecule has 0 unspecified atom stereocenters. The number of carbonyl (C=O) groups is 2. The fourth-order valence-electron chi connectivity index (χ4n) is 2.45. The van der Waals surface area contributed by atoms with Gasteiger partial charge in [0.2, 0.25) is 0 Å². The van der Waals surface area contributed by atoms with Gasteiger partial charge in [0.05, 0.1) is 0 Å². The van der Waals surface area contributed by atoms with Crippen molar-refractivity contribution < 1.29 is 23.5 Å². The molecule has 1 heterocycles. The van der Waals surface area contributed by atoms with Gasteiger partial charge in [0.1, 0.15) is 5.75 Å². The Morgan fingerprint density at radius 2 is 1.33 bits per heavy atom. The highest BCUT2D eigenvalue weighted by molar-refractivity contribution is 7.18. The van der Waals surface area contributed by atoms with Gasteiger partial charge in [-0.15, -0.1) is 11.3 Å². The van der Waals surface area contributed by atoms with E-state index in [1.54, 1.807) is 25.1 Å². The smallest absolute Gasteiger partial charge is 0.338 e.